The number of aliphatic hydroxyl groups excluding tert-OH is 1. The summed E-state index contributed by atoms with van der Waals surface area (Å²) in [6, 6.07) is 7.67. The molecular formula is C25H31ClN4O3. The number of hydrogen-bond acceptors (Lipinski definition) is 5. The van der Waals surface area contributed by atoms with Crippen molar-refractivity contribution in [2.24, 2.45) is 0 Å². The summed E-state index contributed by atoms with van der Waals surface area (Å²) in [5.74, 6) is 0.799. The molecule has 2 aromatic heterocycles. The number of nitrogens with zero attached hydrogens (tertiary/aromatic N) is 4. The van der Waals surface area contributed by atoms with Gasteiger partial charge in [-0.3, -0.25) is 4.79 Å². The van der Waals surface area contributed by atoms with Gasteiger partial charge in [0, 0.05) is 62.3 Å². The number of piperazine rings is 1. The number of aromatic nitrogens is 2. The lowest BCUT2D eigenvalue weighted by Gasteiger charge is -2.36. The first-order valence-corrected chi connectivity index (χ1v) is 11.9. The number of hydrogen-bond donors (Lipinski definition) is 1. The Kier molecular flexibility index (Phi) is 7.40. The highest BCUT2D eigenvalue weighted by atomic mass is 35.5. The Hall–Kier alpha value is -2.77. The molecule has 1 amide bonds. The summed E-state index contributed by atoms with van der Waals surface area (Å²) in [5.41, 5.74) is 4.14. The molecule has 1 aromatic carbocycles. The number of methoxy groups -OCH3 is 1. The largest absolute Gasteiger partial charge is 0.495 e. The number of rotatable bonds is 8. The van der Waals surface area contributed by atoms with Gasteiger partial charge in [0.05, 0.1) is 24.4 Å². The van der Waals surface area contributed by atoms with Crippen LogP contribution >= 0.6 is 11.6 Å². The summed E-state index contributed by atoms with van der Waals surface area (Å²) < 4.78 is 7.23. The smallest absolute Gasteiger partial charge is 0.222 e. The lowest BCUT2D eigenvalue weighted by molar-refractivity contribution is -0.131. The summed E-state index contributed by atoms with van der Waals surface area (Å²) in [6.45, 7) is 5.14. The van der Waals surface area contributed by atoms with Gasteiger partial charge in [-0.25, -0.2) is 4.98 Å². The molecule has 1 saturated heterocycles. The Balaban J connectivity index is 1.49. The van der Waals surface area contributed by atoms with E-state index >= 15 is 0 Å². The highest BCUT2D eigenvalue weighted by Crippen LogP contribution is 2.34. The molecular weight excluding hydrogens is 440 g/mol. The number of imidazole rings is 1. The van der Waals surface area contributed by atoms with Gasteiger partial charge < -0.3 is 24.0 Å². The number of aliphatic hydroxyl groups is 1. The second kappa shape index (κ2) is 10.4. The predicted octanol–water partition coefficient (Wildman–Crippen LogP) is 4.38. The van der Waals surface area contributed by atoms with Crippen LogP contribution < -0.4 is 9.64 Å². The lowest BCUT2D eigenvalue weighted by atomic mass is 10.1. The zero-order chi connectivity index (χ0) is 23.4. The molecule has 0 spiro atoms. The van der Waals surface area contributed by atoms with Crippen molar-refractivity contribution in [2.45, 2.75) is 39.2 Å². The number of benzene rings is 1. The van der Waals surface area contributed by atoms with Crippen molar-refractivity contribution in [2.75, 3.05) is 38.2 Å². The van der Waals surface area contributed by atoms with Gasteiger partial charge in [0.2, 0.25) is 5.91 Å². The van der Waals surface area contributed by atoms with Gasteiger partial charge >= 0.3 is 0 Å². The second-order valence-corrected chi connectivity index (χ2v) is 8.81. The SMILES string of the molecule is CCCCCC(=O)N1CCN(c2ccn3cc(-c4cc(Cl)c(OC)cc4CO)nc3c2)CC1. The van der Waals surface area contributed by atoms with Crippen molar-refractivity contribution in [3.8, 4) is 17.0 Å². The van der Waals surface area contributed by atoms with Crippen LogP contribution in [0.3, 0.4) is 0 Å². The molecule has 3 aromatic rings. The average molecular weight is 471 g/mol. The van der Waals surface area contributed by atoms with E-state index in [-0.39, 0.29) is 12.5 Å². The van der Waals surface area contributed by atoms with Gasteiger partial charge in [-0.1, -0.05) is 31.4 Å². The Morgan fingerprint density at radius 2 is 1.97 bits per heavy atom. The fraction of sp³-hybridized carbons (Fsp3) is 0.440. The van der Waals surface area contributed by atoms with Crippen LogP contribution in [0, 0.1) is 0 Å². The minimum absolute atomic E-state index is 0.135. The van der Waals surface area contributed by atoms with E-state index in [1.165, 1.54) is 0 Å². The van der Waals surface area contributed by atoms with Crippen molar-refractivity contribution in [1.29, 1.82) is 0 Å². The van der Waals surface area contributed by atoms with Crippen molar-refractivity contribution >= 4 is 28.8 Å². The van der Waals surface area contributed by atoms with Crippen molar-refractivity contribution in [3.63, 3.8) is 0 Å². The highest BCUT2D eigenvalue weighted by Gasteiger charge is 2.21. The molecule has 0 aliphatic carbocycles. The first-order valence-electron chi connectivity index (χ1n) is 11.5. The minimum Gasteiger partial charge on any atom is -0.495 e. The van der Waals surface area contributed by atoms with E-state index in [1.807, 2.05) is 21.7 Å². The van der Waals surface area contributed by atoms with Crippen molar-refractivity contribution in [1.82, 2.24) is 14.3 Å². The number of carbonyl (C=O) groups excluding carboxylic acids is 1. The molecule has 4 rings (SSSR count). The lowest BCUT2D eigenvalue weighted by Crippen LogP contribution is -2.48. The third-order valence-corrected chi connectivity index (χ3v) is 6.55. The summed E-state index contributed by atoms with van der Waals surface area (Å²) in [6.07, 6.45) is 7.80. The highest BCUT2D eigenvalue weighted by molar-refractivity contribution is 6.32. The third-order valence-electron chi connectivity index (χ3n) is 6.26. The van der Waals surface area contributed by atoms with Gasteiger partial charge in [-0.05, 0) is 30.2 Å². The Morgan fingerprint density at radius 1 is 1.18 bits per heavy atom. The van der Waals surface area contributed by atoms with Gasteiger partial charge in [0.25, 0.3) is 0 Å². The van der Waals surface area contributed by atoms with Crippen LogP contribution in [0.2, 0.25) is 5.02 Å². The molecule has 0 saturated carbocycles. The van der Waals surface area contributed by atoms with E-state index in [0.29, 0.717) is 22.8 Å². The first kappa shape index (κ1) is 23.4. The molecule has 0 bridgehead atoms. The maximum absolute atomic E-state index is 12.4. The van der Waals surface area contributed by atoms with E-state index in [0.717, 1.165) is 68.0 Å². The molecule has 1 aliphatic rings. The Bertz CT molecular complexity index is 1120. The van der Waals surface area contributed by atoms with Crippen LogP contribution in [0.25, 0.3) is 16.9 Å². The monoisotopic (exact) mass is 470 g/mol. The maximum atomic E-state index is 12.4. The van der Waals surface area contributed by atoms with Crippen LogP contribution in [0.5, 0.6) is 5.75 Å². The van der Waals surface area contributed by atoms with Crippen LogP contribution in [-0.4, -0.2) is 58.6 Å². The zero-order valence-electron chi connectivity index (χ0n) is 19.3. The first-order chi connectivity index (χ1) is 16.0. The van der Waals surface area contributed by atoms with Gasteiger partial charge in [0.1, 0.15) is 11.4 Å². The summed E-state index contributed by atoms with van der Waals surface area (Å²) in [7, 11) is 1.55. The van der Waals surface area contributed by atoms with E-state index in [2.05, 4.69) is 24.0 Å². The molecule has 0 radical (unpaired) electrons. The van der Waals surface area contributed by atoms with Crippen LogP contribution in [0.4, 0.5) is 5.69 Å². The molecule has 1 aliphatic heterocycles. The molecule has 1 fully saturated rings. The Labute approximate surface area is 199 Å². The minimum atomic E-state index is -0.135. The van der Waals surface area contributed by atoms with E-state index < -0.39 is 0 Å². The number of amides is 1. The number of ether oxygens (including phenoxy) is 1. The fourth-order valence-corrected chi connectivity index (χ4v) is 4.56. The molecule has 7 nitrogen and oxygen atoms in total. The Morgan fingerprint density at radius 3 is 2.67 bits per heavy atom. The zero-order valence-corrected chi connectivity index (χ0v) is 20.0. The molecule has 33 heavy (non-hydrogen) atoms. The van der Waals surface area contributed by atoms with E-state index in [1.54, 1.807) is 19.2 Å². The normalized spacial score (nSPS) is 14.2. The number of fused-ring (bicyclic) bond motifs is 1. The van der Waals surface area contributed by atoms with Gasteiger partial charge in [0.15, 0.2) is 0 Å². The van der Waals surface area contributed by atoms with Crippen molar-refractivity contribution in [3.05, 3.63) is 47.2 Å². The second-order valence-electron chi connectivity index (χ2n) is 8.40. The molecule has 0 atom stereocenters. The molecule has 0 unspecified atom stereocenters. The van der Waals surface area contributed by atoms with E-state index in [9.17, 15) is 9.90 Å². The topological polar surface area (TPSA) is 70.3 Å². The average Bonchev–Trinajstić information content (AvgIpc) is 3.27. The fourth-order valence-electron chi connectivity index (χ4n) is 4.32. The summed E-state index contributed by atoms with van der Waals surface area (Å²) >= 11 is 6.33. The predicted molar refractivity (Wildman–Crippen MR) is 131 cm³/mol. The number of carbonyl (C=O) groups is 1. The van der Waals surface area contributed by atoms with Crippen molar-refractivity contribution < 1.29 is 14.6 Å². The van der Waals surface area contributed by atoms with E-state index in [4.69, 9.17) is 21.3 Å². The molecule has 8 heteroatoms. The standard InChI is InChI=1S/C25H31ClN4O3/c1-3-4-5-6-25(32)29-11-9-28(10-12-29)19-7-8-30-16-22(27-24(30)14-19)20-15-21(26)23(33-2)13-18(20)17-31/h7-8,13-16,31H,3-6,9-12,17H2,1-2H3. The maximum Gasteiger partial charge on any atom is 0.222 e. The van der Waals surface area contributed by atoms with Gasteiger partial charge in [-0.2, -0.15) is 0 Å². The summed E-state index contributed by atoms with van der Waals surface area (Å²) in [4.78, 5) is 21.5. The summed E-state index contributed by atoms with van der Waals surface area (Å²) in [5, 5.41) is 10.3. The van der Waals surface area contributed by atoms with Crippen LogP contribution in [0.1, 0.15) is 38.2 Å². The molecule has 176 valence electrons. The van der Waals surface area contributed by atoms with Crippen LogP contribution in [-0.2, 0) is 11.4 Å². The number of pyridine rings is 1. The van der Waals surface area contributed by atoms with Gasteiger partial charge in [-0.15, -0.1) is 0 Å². The quantitative estimate of drug-likeness (QED) is 0.494. The van der Waals surface area contributed by atoms with Crippen LogP contribution in [0.15, 0.2) is 36.7 Å². The number of unbranched alkanes of at least 4 members (excludes halogenated alkanes) is 2. The third kappa shape index (κ3) is 5.09. The molecule has 3 heterocycles. The molecule has 1 N–H and O–H groups in total. The number of halogens is 1. The number of anilines is 1.